The van der Waals surface area contributed by atoms with E-state index in [1.54, 1.807) is 0 Å². The zero-order valence-corrected chi connectivity index (χ0v) is 47.9. The molecule has 396 valence electrons. The van der Waals surface area contributed by atoms with Crippen LogP contribution >= 0.6 is 0 Å². The number of benzene rings is 11. The summed E-state index contributed by atoms with van der Waals surface area (Å²) < 4.78 is 14.1. The van der Waals surface area contributed by atoms with Crippen molar-refractivity contribution in [3.05, 3.63) is 262 Å². The summed E-state index contributed by atoms with van der Waals surface area (Å²) in [4.78, 5) is 4.84. The lowest BCUT2D eigenvalue weighted by molar-refractivity contribution is 0.600. The van der Waals surface area contributed by atoms with Crippen molar-refractivity contribution in [2.24, 2.45) is 0 Å². The summed E-state index contributed by atoms with van der Waals surface area (Å²) in [5.41, 5.74) is 31.2. The molecule has 4 nitrogen and oxygen atoms in total. The minimum Gasteiger partial charge on any atom is -0.455 e. The Morgan fingerprint density at radius 1 is 0.305 bits per heavy atom. The van der Waals surface area contributed by atoms with Gasteiger partial charge in [-0.3, -0.25) is 0 Å². The summed E-state index contributed by atoms with van der Waals surface area (Å²) in [7, 11) is 0. The summed E-state index contributed by atoms with van der Waals surface area (Å²) >= 11 is 0. The Hall–Kier alpha value is -9.38. The lowest BCUT2D eigenvalue weighted by Crippen LogP contribution is -2.24. The van der Waals surface area contributed by atoms with E-state index >= 15 is 0 Å². The Morgan fingerprint density at radius 3 is 1.33 bits per heavy atom. The largest absolute Gasteiger partial charge is 0.455 e. The fraction of sp³-hybridized carbons (Fsp3) is 0.154. The molecule has 0 saturated carbocycles. The number of anilines is 6. The average Bonchev–Trinajstić information content (AvgIpc) is 2.18. The summed E-state index contributed by atoms with van der Waals surface area (Å²) in [6.45, 7) is 21.3. The molecule has 2 heterocycles. The molecule has 2 aromatic heterocycles. The molecule has 11 aromatic carbocycles. The van der Waals surface area contributed by atoms with Gasteiger partial charge in [-0.25, -0.2) is 0 Å². The van der Waals surface area contributed by atoms with Gasteiger partial charge in [-0.1, -0.05) is 168 Å². The van der Waals surface area contributed by atoms with Gasteiger partial charge in [-0.05, 0) is 190 Å². The monoisotopic (exact) mass is 1060 g/mol. The lowest BCUT2D eigenvalue weighted by Gasteiger charge is -2.32. The molecular formula is C78H62N2O2. The number of rotatable bonds is 7. The van der Waals surface area contributed by atoms with Crippen molar-refractivity contribution in [3.8, 4) is 44.5 Å². The van der Waals surface area contributed by atoms with Gasteiger partial charge in [0.2, 0.25) is 0 Å². The van der Waals surface area contributed by atoms with Crippen molar-refractivity contribution in [1.29, 1.82) is 0 Å². The highest BCUT2D eigenvalue weighted by Gasteiger charge is 2.49. The van der Waals surface area contributed by atoms with Crippen LogP contribution in [0.15, 0.2) is 221 Å². The number of fused-ring (bicyclic) bond motifs is 19. The quantitative estimate of drug-likeness (QED) is 0.159. The molecule has 0 saturated heterocycles. The third-order valence-corrected chi connectivity index (χ3v) is 19.0. The van der Waals surface area contributed by atoms with Crippen molar-refractivity contribution in [3.63, 3.8) is 0 Å². The van der Waals surface area contributed by atoms with Crippen LogP contribution < -0.4 is 9.80 Å². The highest BCUT2D eigenvalue weighted by atomic mass is 16.3. The van der Waals surface area contributed by atoms with Gasteiger partial charge in [0.15, 0.2) is 0 Å². The molecular weight excluding hydrogens is 997 g/mol. The van der Waals surface area contributed by atoms with E-state index < -0.39 is 0 Å². The van der Waals surface area contributed by atoms with Gasteiger partial charge in [-0.2, -0.15) is 0 Å². The van der Waals surface area contributed by atoms with Gasteiger partial charge in [-0.15, -0.1) is 0 Å². The molecule has 0 spiro atoms. The molecule has 0 amide bonds. The van der Waals surface area contributed by atoms with E-state index in [2.05, 4.69) is 284 Å². The van der Waals surface area contributed by atoms with E-state index in [0.29, 0.717) is 0 Å². The molecule has 0 N–H and O–H groups in total. The Morgan fingerprint density at radius 2 is 0.732 bits per heavy atom. The number of aryl methyl sites for hydroxylation is 3. The first kappa shape index (κ1) is 48.5. The van der Waals surface area contributed by atoms with E-state index in [9.17, 15) is 0 Å². The highest BCUT2D eigenvalue weighted by molar-refractivity contribution is 6.22. The molecule has 16 rings (SSSR count). The minimum absolute atomic E-state index is 0.256. The van der Waals surface area contributed by atoms with Crippen LogP contribution in [0.4, 0.5) is 34.1 Å². The van der Waals surface area contributed by atoms with Crippen LogP contribution in [-0.2, 0) is 16.2 Å². The second-order valence-electron chi connectivity index (χ2n) is 25.0. The van der Waals surface area contributed by atoms with Crippen LogP contribution in [0.1, 0.15) is 91.6 Å². The number of furan rings is 2. The fourth-order valence-electron chi connectivity index (χ4n) is 15.5. The minimum atomic E-state index is -0.371. The zero-order chi connectivity index (χ0) is 55.7. The van der Waals surface area contributed by atoms with Crippen molar-refractivity contribution >= 4 is 78.0 Å². The van der Waals surface area contributed by atoms with Crippen molar-refractivity contribution in [2.75, 3.05) is 9.80 Å². The third-order valence-electron chi connectivity index (χ3n) is 19.0. The zero-order valence-electron chi connectivity index (χ0n) is 47.9. The van der Waals surface area contributed by atoms with Crippen molar-refractivity contribution in [2.45, 2.75) is 78.6 Å². The molecule has 4 heteroatoms. The maximum Gasteiger partial charge on any atom is 0.144 e. The number of hydrogen-bond donors (Lipinski definition) is 0. The topological polar surface area (TPSA) is 32.8 Å². The van der Waals surface area contributed by atoms with Gasteiger partial charge < -0.3 is 18.6 Å². The molecule has 3 aliphatic rings. The molecule has 0 unspecified atom stereocenters. The average molecular weight is 1060 g/mol. The Labute approximate surface area is 479 Å². The predicted octanol–water partition coefficient (Wildman–Crippen LogP) is 21.9. The third kappa shape index (κ3) is 6.61. The predicted molar refractivity (Wildman–Crippen MR) is 343 cm³/mol. The van der Waals surface area contributed by atoms with E-state index in [1.165, 1.54) is 99.8 Å². The first-order valence-electron chi connectivity index (χ1n) is 29.0. The normalized spacial score (nSPS) is 14.7. The summed E-state index contributed by atoms with van der Waals surface area (Å²) in [6.07, 6.45) is 0. The van der Waals surface area contributed by atoms with Gasteiger partial charge in [0.05, 0.1) is 0 Å². The molecule has 0 bridgehead atoms. The summed E-state index contributed by atoms with van der Waals surface area (Å²) in [5.74, 6) is 0. The number of para-hydroxylation sites is 4. The van der Waals surface area contributed by atoms with Crippen molar-refractivity contribution < 1.29 is 8.83 Å². The Kier molecular flexibility index (Phi) is 10.1. The van der Waals surface area contributed by atoms with E-state index in [0.717, 1.165) is 72.8 Å². The lowest BCUT2D eigenvalue weighted by atomic mass is 9.72. The molecule has 13 aromatic rings. The molecule has 0 radical (unpaired) electrons. The Balaban J connectivity index is 0.916. The summed E-state index contributed by atoms with van der Waals surface area (Å²) in [5, 5.41) is 4.70. The fourth-order valence-corrected chi connectivity index (χ4v) is 15.5. The van der Waals surface area contributed by atoms with Crippen LogP contribution in [0.5, 0.6) is 0 Å². The number of hydrogen-bond acceptors (Lipinski definition) is 4. The Bertz CT molecular complexity index is 4800. The van der Waals surface area contributed by atoms with E-state index in [4.69, 9.17) is 8.83 Å². The second-order valence-corrected chi connectivity index (χ2v) is 25.0. The molecule has 82 heavy (non-hydrogen) atoms. The SMILES string of the molecule is Cc1cc(C)c(-c2cc3c(c4c2oc2ccccc24)-c2ccc(N(c4ccc(N(c5ccccc5)c5ccccc5)cc4)c4ccc5c(c4)C(C)(C)c4c6c(c7oc8ccccc8c7c4-5)-c4ccccc4C6(C)C)cc2C3(C)C)c(C)c1. The maximum absolute atomic E-state index is 7.06. The maximum atomic E-state index is 7.06. The van der Waals surface area contributed by atoms with E-state index in [1.807, 2.05) is 0 Å². The van der Waals surface area contributed by atoms with Gasteiger partial charge >= 0.3 is 0 Å². The molecule has 3 aliphatic carbocycles. The molecule has 0 aliphatic heterocycles. The summed E-state index contributed by atoms with van der Waals surface area (Å²) in [6, 6.07) is 78.4. The standard InChI is InChI=1S/C78H62N2O2/c1-45-40-46(2)66(47(3)41-45)59-44-63-67(69-57-27-17-20-30-64(57)81-74(59)69)55-38-36-52(42-61(55)76(63,4)5)80(51-34-32-50(33-35-51)79(48-22-12-10-13-23-48)49-24-14-11-15-25-49)53-37-39-56-62(43-53)78(8,9)72-68(56)70-58-28-18-21-31-65(58)82-75(70)71-54-26-16-19-29-60(54)77(6,7)73(71)72/h10-44H,1-9H3. The molecule has 0 atom stereocenters. The van der Waals surface area contributed by atoms with E-state index in [-0.39, 0.29) is 16.2 Å². The van der Waals surface area contributed by atoms with Crippen LogP contribution in [0.3, 0.4) is 0 Å². The first-order valence-corrected chi connectivity index (χ1v) is 29.0. The molecule has 0 fully saturated rings. The number of nitrogens with zero attached hydrogens (tertiary/aromatic N) is 2. The first-order chi connectivity index (χ1) is 39.7. The smallest absolute Gasteiger partial charge is 0.144 e. The van der Waals surface area contributed by atoms with Gasteiger partial charge in [0.25, 0.3) is 0 Å². The van der Waals surface area contributed by atoms with Crippen LogP contribution in [0, 0.1) is 20.8 Å². The van der Waals surface area contributed by atoms with Gasteiger partial charge in [0, 0.05) is 83.0 Å². The highest BCUT2D eigenvalue weighted by Crippen LogP contribution is 2.64. The van der Waals surface area contributed by atoms with Crippen LogP contribution in [0.2, 0.25) is 0 Å². The van der Waals surface area contributed by atoms with Crippen LogP contribution in [0.25, 0.3) is 88.4 Å². The van der Waals surface area contributed by atoms with Crippen molar-refractivity contribution in [1.82, 2.24) is 0 Å². The van der Waals surface area contributed by atoms with Crippen LogP contribution in [-0.4, -0.2) is 0 Å². The second kappa shape index (κ2) is 17.1. The van der Waals surface area contributed by atoms with Gasteiger partial charge in [0.1, 0.15) is 22.3 Å².